The highest BCUT2D eigenvalue weighted by molar-refractivity contribution is 5.89. The summed E-state index contributed by atoms with van der Waals surface area (Å²) < 4.78 is 5.24. The van der Waals surface area contributed by atoms with Crippen LogP contribution in [0.3, 0.4) is 0 Å². The van der Waals surface area contributed by atoms with Crippen LogP contribution in [0.25, 0.3) is 0 Å². The number of hydrogen-bond acceptors (Lipinski definition) is 3. The van der Waals surface area contributed by atoms with Crippen LogP contribution in [0.15, 0.2) is 23.4 Å². The van der Waals surface area contributed by atoms with E-state index in [0.29, 0.717) is 11.3 Å². The smallest absolute Gasteiger partial charge is 0.334 e. The Morgan fingerprint density at radius 3 is 2.64 bits per heavy atom. The number of carbonyl (C=O) groups is 1. The molecule has 0 atom stereocenters. The highest BCUT2D eigenvalue weighted by atomic mass is 16.6. The molecule has 2 N–H and O–H groups in total. The summed E-state index contributed by atoms with van der Waals surface area (Å²) in [6.45, 7) is 5.56. The average molecular weight is 195 g/mol. The van der Waals surface area contributed by atoms with Crippen molar-refractivity contribution in [3.63, 3.8) is 0 Å². The molecule has 78 valence electrons. The fourth-order valence-corrected chi connectivity index (χ4v) is 1.23. The van der Waals surface area contributed by atoms with Crippen molar-refractivity contribution in [1.82, 2.24) is 0 Å². The van der Waals surface area contributed by atoms with Gasteiger partial charge in [-0.3, -0.25) is 0 Å². The molecule has 0 aromatic heterocycles. The van der Waals surface area contributed by atoms with E-state index in [1.165, 1.54) is 0 Å². The third-order valence-corrected chi connectivity index (χ3v) is 1.80. The highest BCUT2D eigenvalue weighted by Crippen LogP contribution is 2.18. The maximum Gasteiger partial charge on any atom is 0.334 e. The fourth-order valence-electron chi connectivity index (χ4n) is 1.23. The maximum atomic E-state index is 11.6. The van der Waals surface area contributed by atoms with Gasteiger partial charge < -0.3 is 10.5 Å². The number of carbonyl (C=O) groups excluding carboxylic acids is 1. The summed E-state index contributed by atoms with van der Waals surface area (Å²) in [5, 5.41) is 0. The zero-order valence-corrected chi connectivity index (χ0v) is 8.96. The van der Waals surface area contributed by atoms with Gasteiger partial charge in [-0.2, -0.15) is 0 Å². The van der Waals surface area contributed by atoms with Gasteiger partial charge in [-0.25, -0.2) is 4.79 Å². The molecular formula is C11H17NO2. The van der Waals surface area contributed by atoms with Gasteiger partial charge >= 0.3 is 5.97 Å². The third-order valence-electron chi connectivity index (χ3n) is 1.80. The molecule has 0 aliphatic heterocycles. The summed E-state index contributed by atoms with van der Waals surface area (Å²) in [4.78, 5) is 11.6. The van der Waals surface area contributed by atoms with Crippen molar-refractivity contribution in [3.05, 3.63) is 23.4 Å². The second kappa shape index (κ2) is 3.86. The predicted octanol–water partition coefficient (Wildman–Crippen LogP) is 1.89. The number of allylic oxidation sites excluding steroid dienone is 2. The summed E-state index contributed by atoms with van der Waals surface area (Å²) in [5.74, 6) is -0.256. The van der Waals surface area contributed by atoms with Crippen molar-refractivity contribution in [2.24, 2.45) is 5.73 Å². The Labute approximate surface area is 84.6 Å². The first-order valence-electron chi connectivity index (χ1n) is 4.78. The third kappa shape index (κ3) is 3.24. The van der Waals surface area contributed by atoms with Gasteiger partial charge in [0.05, 0.1) is 0 Å². The maximum absolute atomic E-state index is 11.6. The van der Waals surface area contributed by atoms with Gasteiger partial charge in [0.25, 0.3) is 0 Å². The number of rotatable bonds is 1. The summed E-state index contributed by atoms with van der Waals surface area (Å²) in [6, 6.07) is 0. The lowest BCUT2D eigenvalue weighted by atomic mass is 10.0. The fraction of sp³-hybridized carbons (Fsp3) is 0.545. The second-order valence-corrected chi connectivity index (χ2v) is 4.41. The monoisotopic (exact) mass is 195 g/mol. The van der Waals surface area contributed by atoms with E-state index in [0.717, 1.165) is 12.8 Å². The van der Waals surface area contributed by atoms with Crippen molar-refractivity contribution < 1.29 is 9.53 Å². The minimum absolute atomic E-state index is 0.256. The zero-order chi connectivity index (χ0) is 10.8. The van der Waals surface area contributed by atoms with Crippen LogP contribution in [-0.2, 0) is 9.53 Å². The zero-order valence-electron chi connectivity index (χ0n) is 8.96. The summed E-state index contributed by atoms with van der Waals surface area (Å²) in [5.41, 5.74) is 6.48. The van der Waals surface area contributed by atoms with Gasteiger partial charge in [-0.05, 0) is 39.7 Å². The van der Waals surface area contributed by atoms with Crippen molar-refractivity contribution >= 4 is 5.97 Å². The average Bonchev–Trinajstić information content (AvgIpc) is 2.01. The largest absolute Gasteiger partial charge is 0.457 e. The van der Waals surface area contributed by atoms with E-state index in [1.54, 1.807) is 6.08 Å². The first-order valence-corrected chi connectivity index (χ1v) is 4.78. The normalized spacial score (nSPS) is 17.1. The lowest BCUT2D eigenvalue weighted by Crippen LogP contribution is -2.25. The van der Waals surface area contributed by atoms with E-state index in [4.69, 9.17) is 10.5 Å². The molecule has 0 fully saturated rings. The molecule has 14 heavy (non-hydrogen) atoms. The molecular weight excluding hydrogens is 178 g/mol. The van der Waals surface area contributed by atoms with E-state index >= 15 is 0 Å². The molecule has 1 rings (SSSR count). The van der Waals surface area contributed by atoms with E-state index < -0.39 is 5.60 Å². The van der Waals surface area contributed by atoms with E-state index in [2.05, 4.69) is 0 Å². The predicted molar refractivity (Wildman–Crippen MR) is 55.4 cm³/mol. The van der Waals surface area contributed by atoms with Gasteiger partial charge in [-0.1, -0.05) is 6.08 Å². The molecule has 0 aromatic carbocycles. The van der Waals surface area contributed by atoms with Crippen molar-refractivity contribution in [2.45, 2.75) is 39.2 Å². The molecule has 0 amide bonds. The van der Waals surface area contributed by atoms with E-state index in [-0.39, 0.29) is 5.97 Å². The van der Waals surface area contributed by atoms with Gasteiger partial charge in [0.1, 0.15) is 5.60 Å². The molecule has 3 heteroatoms. The quantitative estimate of drug-likeness (QED) is 0.650. The second-order valence-electron chi connectivity index (χ2n) is 4.41. The molecule has 3 nitrogen and oxygen atoms in total. The van der Waals surface area contributed by atoms with Crippen LogP contribution in [-0.4, -0.2) is 11.6 Å². The summed E-state index contributed by atoms with van der Waals surface area (Å²) in [7, 11) is 0. The van der Waals surface area contributed by atoms with E-state index in [1.807, 2.05) is 26.8 Å². The SMILES string of the molecule is CC(C)(C)OC(=O)C1=CC(N)=CCC1. The van der Waals surface area contributed by atoms with Crippen LogP contribution < -0.4 is 5.73 Å². The first kappa shape index (κ1) is 10.8. The Hall–Kier alpha value is -1.25. The lowest BCUT2D eigenvalue weighted by Gasteiger charge is -2.21. The standard InChI is InChI=1S/C11H17NO2/c1-11(2,3)14-10(13)8-5-4-6-9(12)7-8/h6-7H,4-5,12H2,1-3H3. The molecule has 1 aliphatic rings. The number of hydrogen-bond donors (Lipinski definition) is 1. The molecule has 0 heterocycles. The minimum Gasteiger partial charge on any atom is -0.457 e. The number of ether oxygens (including phenoxy) is 1. The van der Waals surface area contributed by atoms with Crippen LogP contribution in [0, 0.1) is 0 Å². The van der Waals surface area contributed by atoms with Gasteiger partial charge in [0.15, 0.2) is 0 Å². The van der Waals surface area contributed by atoms with Gasteiger partial charge in [0, 0.05) is 11.3 Å². The van der Waals surface area contributed by atoms with Gasteiger partial charge in [0.2, 0.25) is 0 Å². The van der Waals surface area contributed by atoms with Crippen molar-refractivity contribution in [2.75, 3.05) is 0 Å². The Morgan fingerprint density at radius 2 is 2.14 bits per heavy atom. The van der Waals surface area contributed by atoms with Crippen LogP contribution in [0.5, 0.6) is 0 Å². The Balaban J connectivity index is 2.66. The molecule has 0 bridgehead atoms. The van der Waals surface area contributed by atoms with Crippen molar-refractivity contribution in [3.8, 4) is 0 Å². The van der Waals surface area contributed by atoms with Crippen molar-refractivity contribution in [1.29, 1.82) is 0 Å². The molecule has 1 aliphatic carbocycles. The lowest BCUT2D eigenvalue weighted by molar-refractivity contribution is -0.150. The Kier molecular flexibility index (Phi) is 2.99. The van der Waals surface area contributed by atoms with Crippen LogP contribution >= 0.6 is 0 Å². The molecule has 0 spiro atoms. The topological polar surface area (TPSA) is 52.3 Å². The number of esters is 1. The first-order chi connectivity index (χ1) is 6.38. The minimum atomic E-state index is -0.437. The summed E-state index contributed by atoms with van der Waals surface area (Å²) in [6.07, 6.45) is 5.14. The molecule has 0 unspecified atom stereocenters. The molecule has 0 aromatic rings. The highest BCUT2D eigenvalue weighted by Gasteiger charge is 2.20. The molecule has 0 saturated heterocycles. The number of nitrogens with two attached hydrogens (primary N) is 1. The Morgan fingerprint density at radius 1 is 1.50 bits per heavy atom. The van der Waals surface area contributed by atoms with Crippen LogP contribution in [0.1, 0.15) is 33.6 Å². The molecule has 0 radical (unpaired) electrons. The van der Waals surface area contributed by atoms with Gasteiger partial charge in [-0.15, -0.1) is 0 Å². The summed E-state index contributed by atoms with van der Waals surface area (Å²) >= 11 is 0. The van der Waals surface area contributed by atoms with E-state index in [9.17, 15) is 4.79 Å². The van der Waals surface area contributed by atoms with Crippen LogP contribution in [0.4, 0.5) is 0 Å². The van der Waals surface area contributed by atoms with Crippen LogP contribution in [0.2, 0.25) is 0 Å². The molecule has 0 saturated carbocycles. The Bertz CT molecular complexity index is 295.